The first kappa shape index (κ1) is 16.7. The highest BCUT2D eigenvalue weighted by Gasteiger charge is 2.21. The minimum Gasteiger partial charge on any atom is -0.480 e. The van der Waals surface area contributed by atoms with Gasteiger partial charge in [-0.25, -0.2) is 4.79 Å². The van der Waals surface area contributed by atoms with Crippen molar-refractivity contribution in [2.75, 3.05) is 46.9 Å². The monoisotopic (exact) mass is 287 g/mol. The second kappa shape index (κ2) is 8.76. The third-order valence-electron chi connectivity index (χ3n) is 3.59. The summed E-state index contributed by atoms with van der Waals surface area (Å²) in [5.41, 5.74) is 0. The average molecular weight is 287 g/mol. The van der Waals surface area contributed by atoms with E-state index in [4.69, 9.17) is 9.84 Å². The summed E-state index contributed by atoms with van der Waals surface area (Å²) in [4.78, 5) is 26.3. The number of rotatable bonds is 7. The Balaban J connectivity index is 2.41. The Morgan fingerprint density at radius 1 is 1.45 bits per heavy atom. The molecule has 1 rings (SSSR count). The van der Waals surface area contributed by atoms with Gasteiger partial charge in [0, 0.05) is 26.2 Å². The smallest absolute Gasteiger partial charge is 0.323 e. The predicted molar refractivity (Wildman–Crippen MR) is 74.8 cm³/mol. The normalized spacial score (nSPS) is 19.6. The van der Waals surface area contributed by atoms with Gasteiger partial charge >= 0.3 is 12.0 Å². The molecule has 1 aliphatic rings. The molecule has 0 aromatic heterocycles. The zero-order valence-electron chi connectivity index (χ0n) is 12.3. The molecule has 0 radical (unpaired) electrons. The Bertz CT molecular complexity index is 325. The Morgan fingerprint density at radius 2 is 2.20 bits per heavy atom. The SMILES string of the molecule is COCCN(CC(=O)O)C(=O)NCC1CCCCN1C. The van der Waals surface area contributed by atoms with Crippen molar-refractivity contribution >= 4 is 12.0 Å². The van der Waals surface area contributed by atoms with Crippen LogP contribution in [-0.4, -0.2) is 79.9 Å². The second-order valence-corrected chi connectivity index (χ2v) is 5.12. The molecule has 0 aromatic carbocycles. The predicted octanol–water partition coefficient (Wildman–Crippen LogP) is 0.213. The van der Waals surface area contributed by atoms with Crippen LogP contribution in [0.3, 0.4) is 0 Å². The number of likely N-dealkylation sites (tertiary alicyclic amines) is 1. The van der Waals surface area contributed by atoms with Crippen LogP contribution in [0.2, 0.25) is 0 Å². The van der Waals surface area contributed by atoms with Crippen LogP contribution < -0.4 is 5.32 Å². The van der Waals surface area contributed by atoms with Gasteiger partial charge in [0.15, 0.2) is 0 Å². The summed E-state index contributed by atoms with van der Waals surface area (Å²) in [7, 11) is 3.57. The lowest BCUT2D eigenvalue weighted by Crippen LogP contribution is -2.49. The van der Waals surface area contributed by atoms with Crippen molar-refractivity contribution in [1.82, 2.24) is 15.1 Å². The van der Waals surface area contributed by atoms with E-state index in [1.54, 1.807) is 0 Å². The molecule has 0 bridgehead atoms. The first-order valence-electron chi connectivity index (χ1n) is 6.98. The molecule has 7 heteroatoms. The molecule has 1 saturated heterocycles. The van der Waals surface area contributed by atoms with E-state index in [0.29, 0.717) is 19.2 Å². The number of nitrogens with zero attached hydrogens (tertiary/aromatic N) is 2. The molecule has 0 spiro atoms. The van der Waals surface area contributed by atoms with Crippen LogP contribution in [0.1, 0.15) is 19.3 Å². The van der Waals surface area contributed by atoms with E-state index in [1.165, 1.54) is 24.9 Å². The number of amides is 2. The molecule has 1 aliphatic heterocycles. The van der Waals surface area contributed by atoms with Crippen LogP contribution in [0.15, 0.2) is 0 Å². The fourth-order valence-electron chi connectivity index (χ4n) is 2.34. The van der Waals surface area contributed by atoms with Crippen molar-refractivity contribution in [3.05, 3.63) is 0 Å². The Labute approximate surface area is 119 Å². The van der Waals surface area contributed by atoms with Crippen LogP contribution >= 0.6 is 0 Å². The second-order valence-electron chi connectivity index (χ2n) is 5.12. The number of aliphatic carboxylic acids is 1. The van der Waals surface area contributed by atoms with Crippen LogP contribution in [-0.2, 0) is 9.53 Å². The van der Waals surface area contributed by atoms with Gasteiger partial charge in [-0.3, -0.25) is 4.79 Å². The largest absolute Gasteiger partial charge is 0.480 e. The van der Waals surface area contributed by atoms with Gasteiger partial charge in [0.1, 0.15) is 6.54 Å². The number of methoxy groups -OCH3 is 1. The maximum Gasteiger partial charge on any atom is 0.323 e. The van der Waals surface area contributed by atoms with Gasteiger partial charge in [-0.1, -0.05) is 6.42 Å². The lowest BCUT2D eigenvalue weighted by molar-refractivity contribution is -0.137. The van der Waals surface area contributed by atoms with Gasteiger partial charge < -0.3 is 25.0 Å². The lowest BCUT2D eigenvalue weighted by Gasteiger charge is -2.33. The standard InChI is InChI=1S/C13H25N3O4/c1-15-6-4-3-5-11(15)9-14-13(19)16(7-8-20-2)10-12(17)18/h11H,3-10H2,1-2H3,(H,14,19)(H,17,18). The molecule has 7 nitrogen and oxygen atoms in total. The maximum absolute atomic E-state index is 12.0. The summed E-state index contributed by atoms with van der Waals surface area (Å²) in [5, 5.41) is 11.6. The van der Waals surface area contributed by atoms with Crippen LogP contribution in [0.4, 0.5) is 4.79 Å². The molecule has 1 fully saturated rings. The molecule has 2 N–H and O–H groups in total. The van der Waals surface area contributed by atoms with E-state index in [9.17, 15) is 9.59 Å². The molecular weight excluding hydrogens is 262 g/mol. The summed E-state index contributed by atoms with van der Waals surface area (Å²) < 4.78 is 4.89. The Morgan fingerprint density at radius 3 is 2.80 bits per heavy atom. The summed E-state index contributed by atoms with van der Waals surface area (Å²) in [6, 6.07) is -0.00905. The van der Waals surface area contributed by atoms with E-state index in [2.05, 4.69) is 17.3 Å². The molecule has 1 unspecified atom stereocenters. The van der Waals surface area contributed by atoms with Gasteiger partial charge in [-0.15, -0.1) is 0 Å². The minimum absolute atomic E-state index is 0.273. The number of carbonyl (C=O) groups is 2. The highest BCUT2D eigenvalue weighted by atomic mass is 16.5. The van der Waals surface area contributed by atoms with E-state index in [0.717, 1.165) is 13.0 Å². The van der Waals surface area contributed by atoms with Crippen molar-refractivity contribution in [3.8, 4) is 0 Å². The van der Waals surface area contributed by atoms with E-state index < -0.39 is 5.97 Å². The molecule has 1 heterocycles. The van der Waals surface area contributed by atoms with E-state index >= 15 is 0 Å². The number of piperidine rings is 1. The molecule has 20 heavy (non-hydrogen) atoms. The number of carboxylic acid groups (broad SMARTS) is 1. The molecule has 0 aromatic rings. The summed E-state index contributed by atoms with van der Waals surface area (Å²) >= 11 is 0. The third-order valence-corrected chi connectivity index (χ3v) is 3.59. The maximum atomic E-state index is 12.0. The Kier molecular flexibility index (Phi) is 7.32. The summed E-state index contributed by atoms with van der Waals surface area (Å²) in [5.74, 6) is -1.02. The van der Waals surface area contributed by atoms with Crippen LogP contribution in [0, 0.1) is 0 Å². The number of likely N-dealkylation sites (N-methyl/N-ethyl adjacent to an activating group) is 1. The van der Waals surface area contributed by atoms with E-state index in [1.807, 2.05) is 0 Å². The van der Waals surface area contributed by atoms with E-state index in [-0.39, 0.29) is 19.1 Å². The average Bonchev–Trinajstić information content (AvgIpc) is 2.41. The number of nitrogens with one attached hydrogen (secondary N) is 1. The van der Waals surface area contributed by atoms with Crippen LogP contribution in [0.25, 0.3) is 0 Å². The van der Waals surface area contributed by atoms with Gasteiger partial charge in [-0.2, -0.15) is 0 Å². The number of carbonyl (C=O) groups excluding carboxylic acids is 1. The number of hydrogen-bond acceptors (Lipinski definition) is 4. The number of urea groups is 1. The van der Waals surface area contributed by atoms with Crippen LogP contribution in [0.5, 0.6) is 0 Å². The fourth-order valence-corrected chi connectivity index (χ4v) is 2.34. The van der Waals surface area contributed by atoms with Gasteiger partial charge in [0.25, 0.3) is 0 Å². The molecule has 116 valence electrons. The molecule has 0 aliphatic carbocycles. The van der Waals surface area contributed by atoms with Gasteiger partial charge in [-0.05, 0) is 26.4 Å². The third kappa shape index (κ3) is 5.75. The zero-order chi connectivity index (χ0) is 15.0. The number of carboxylic acids is 1. The molecular formula is C13H25N3O4. The van der Waals surface area contributed by atoms with Crippen molar-refractivity contribution in [1.29, 1.82) is 0 Å². The summed E-state index contributed by atoms with van der Waals surface area (Å²) in [6.07, 6.45) is 3.43. The number of ether oxygens (including phenoxy) is 1. The molecule has 0 saturated carbocycles. The van der Waals surface area contributed by atoms with Gasteiger partial charge in [0.2, 0.25) is 0 Å². The van der Waals surface area contributed by atoms with Crippen molar-refractivity contribution in [3.63, 3.8) is 0 Å². The molecule has 2 amide bonds. The van der Waals surface area contributed by atoms with Crippen molar-refractivity contribution < 1.29 is 19.4 Å². The topological polar surface area (TPSA) is 82.1 Å². The number of hydrogen-bond donors (Lipinski definition) is 2. The first-order chi connectivity index (χ1) is 9.54. The Hall–Kier alpha value is -1.34. The van der Waals surface area contributed by atoms with Crippen molar-refractivity contribution in [2.24, 2.45) is 0 Å². The highest BCUT2D eigenvalue weighted by molar-refractivity contribution is 5.80. The lowest BCUT2D eigenvalue weighted by atomic mass is 10.0. The first-order valence-corrected chi connectivity index (χ1v) is 6.98. The molecule has 1 atom stereocenters. The highest BCUT2D eigenvalue weighted by Crippen LogP contribution is 2.13. The zero-order valence-corrected chi connectivity index (χ0v) is 12.3. The quantitative estimate of drug-likeness (QED) is 0.699. The minimum atomic E-state index is -1.02. The summed E-state index contributed by atoms with van der Waals surface area (Å²) in [6.45, 7) is 1.89. The van der Waals surface area contributed by atoms with Crippen molar-refractivity contribution in [2.45, 2.75) is 25.3 Å². The van der Waals surface area contributed by atoms with Gasteiger partial charge in [0.05, 0.1) is 6.61 Å². The fraction of sp³-hybridized carbons (Fsp3) is 0.846.